The van der Waals surface area contributed by atoms with Crippen LogP contribution in [0.15, 0.2) is 46.8 Å². The molecule has 2 heterocycles. The number of para-hydroxylation sites is 1. The van der Waals surface area contributed by atoms with E-state index in [1.807, 2.05) is 44.2 Å². The molecule has 7 heteroatoms. The standard InChI is InChI=1S/C24H29N5O2/c1-16-22-21(17(2)28(27-22)20-12-8-5-9-13-20)24(31)29(26-16)18(3)23(30)25-15-14-19-10-6-4-7-11-19/h5,8-10,12-13,18H,4,6-7,11,14-15H2,1-3H3,(H,25,30). The second-order valence-electron chi connectivity index (χ2n) is 8.22. The summed E-state index contributed by atoms with van der Waals surface area (Å²) in [4.78, 5) is 26.0. The first-order chi connectivity index (χ1) is 15.0. The number of benzene rings is 1. The Labute approximate surface area is 181 Å². The van der Waals surface area contributed by atoms with Crippen LogP contribution in [0.3, 0.4) is 0 Å². The Balaban J connectivity index is 1.59. The quantitative estimate of drug-likeness (QED) is 0.617. The SMILES string of the molecule is Cc1nn(C(C)C(=O)NCCC2=CCCCC2)c(=O)c2c(C)n(-c3ccccc3)nc12. The molecule has 0 saturated heterocycles. The molecular formula is C24H29N5O2. The number of hydrogen-bond acceptors (Lipinski definition) is 4. The minimum atomic E-state index is -0.699. The zero-order chi connectivity index (χ0) is 22.0. The lowest BCUT2D eigenvalue weighted by Crippen LogP contribution is -2.38. The molecule has 1 aromatic carbocycles. The maximum atomic E-state index is 13.3. The van der Waals surface area contributed by atoms with Crippen LogP contribution in [-0.4, -0.2) is 32.0 Å². The zero-order valence-electron chi connectivity index (χ0n) is 18.4. The summed E-state index contributed by atoms with van der Waals surface area (Å²) in [5.74, 6) is -0.196. The third-order valence-corrected chi connectivity index (χ3v) is 6.02. The third-order valence-electron chi connectivity index (χ3n) is 6.02. The van der Waals surface area contributed by atoms with Crippen LogP contribution in [0, 0.1) is 13.8 Å². The molecule has 1 amide bonds. The Morgan fingerprint density at radius 2 is 1.94 bits per heavy atom. The first-order valence-electron chi connectivity index (χ1n) is 11.0. The molecule has 1 aliphatic carbocycles. The fourth-order valence-corrected chi connectivity index (χ4v) is 4.20. The number of allylic oxidation sites excluding steroid dienone is 1. The molecule has 31 heavy (non-hydrogen) atoms. The zero-order valence-corrected chi connectivity index (χ0v) is 18.4. The van der Waals surface area contributed by atoms with E-state index in [-0.39, 0.29) is 11.5 Å². The molecule has 0 fully saturated rings. The van der Waals surface area contributed by atoms with Crippen molar-refractivity contribution in [3.05, 3.63) is 63.7 Å². The van der Waals surface area contributed by atoms with Crippen LogP contribution in [-0.2, 0) is 4.79 Å². The van der Waals surface area contributed by atoms with Crippen molar-refractivity contribution in [3.63, 3.8) is 0 Å². The summed E-state index contributed by atoms with van der Waals surface area (Å²) in [6, 6.07) is 8.99. The molecule has 1 atom stereocenters. The number of aromatic nitrogens is 4. The minimum Gasteiger partial charge on any atom is -0.354 e. The van der Waals surface area contributed by atoms with Crippen molar-refractivity contribution in [2.24, 2.45) is 0 Å². The van der Waals surface area contributed by atoms with Gasteiger partial charge in [-0.25, -0.2) is 9.36 Å². The van der Waals surface area contributed by atoms with Crippen LogP contribution in [0.4, 0.5) is 0 Å². The van der Waals surface area contributed by atoms with Gasteiger partial charge in [0.05, 0.1) is 22.5 Å². The van der Waals surface area contributed by atoms with Crippen LogP contribution in [0.5, 0.6) is 0 Å². The topological polar surface area (TPSA) is 81.8 Å². The molecular weight excluding hydrogens is 390 g/mol. The Morgan fingerprint density at radius 1 is 1.16 bits per heavy atom. The van der Waals surface area contributed by atoms with Crippen LogP contribution >= 0.6 is 0 Å². The lowest BCUT2D eigenvalue weighted by Gasteiger charge is -2.16. The molecule has 0 spiro atoms. The Morgan fingerprint density at radius 3 is 2.65 bits per heavy atom. The van der Waals surface area contributed by atoms with Gasteiger partial charge in [0.1, 0.15) is 11.6 Å². The molecule has 1 N–H and O–H groups in total. The van der Waals surface area contributed by atoms with Crippen LogP contribution in [0.2, 0.25) is 0 Å². The van der Waals surface area contributed by atoms with E-state index in [0.717, 1.165) is 30.6 Å². The van der Waals surface area contributed by atoms with Crippen molar-refractivity contribution < 1.29 is 4.79 Å². The van der Waals surface area contributed by atoms with Gasteiger partial charge in [0.15, 0.2) is 0 Å². The van der Waals surface area contributed by atoms with Gasteiger partial charge in [-0.1, -0.05) is 29.8 Å². The largest absolute Gasteiger partial charge is 0.354 e. The molecule has 0 saturated carbocycles. The maximum absolute atomic E-state index is 13.3. The Kier molecular flexibility index (Phi) is 6.02. The number of fused-ring (bicyclic) bond motifs is 1. The molecule has 4 rings (SSSR count). The first kappa shape index (κ1) is 21.0. The van der Waals surface area contributed by atoms with Gasteiger partial charge < -0.3 is 5.32 Å². The fraction of sp³-hybridized carbons (Fsp3) is 0.417. The van der Waals surface area contributed by atoms with E-state index in [1.165, 1.54) is 23.1 Å². The van der Waals surface area contributed by atoms with Crippen molar-refractivity contribution >= 4 is 16.8 Å². The van der Waals surface area contributed by atoms with Crippen molar-refractivity contribution in [3.8, 4) is 5.69 Å². The highest BCUT2D eigenvalue weighted by Gasteiger charge is 2.23. The van der Waals surface area contributed by atoms with E-state index in [4.69, 9.17) is 0 Å². The molecule has 1 unspecified atom stereocenters. The van der Waals surface area contributed by atoms with Gasteiger partial charge in [-0.2, -0.15) is 10.2 Å². The van der Waals surface area contributed by atoms with Crippen molar-refractivity contribution in [2.45, 2.75) is 58.9 Å². The highest BCUT2D eigenvalue weighted by molar-refractivity contribution is 5.84. The molecule has 1 aliphatic rings. The summed E-state index contributed by atoms with van der Waals surface area (Å²) < 4.78 is 3.05. The maximum Gasteiger partial charge on any atom is 0.278 e. The first-order valence-corrected chi connectivity index (χ1v) is 11.0. The minimum absolute atomic E-state index is 0.196. The molecule has 0 bridgehead atoms. The summed E-state index contributed by atoms with van der Waals surface area (Å²) in [5, 5.41) is 12.5. The van der Waals surface area contributed by atoms with Gasteiger partial charge in [0.25, 0.3) is 5.56 Å². The van der Waals surface area contributed by atoms with Crippen LogP contribution in [0.1, 0.15) is 56.5 Å². The number of carbonyl (C=O) groups is 1. The molecule has 7 nitrogen and oxygen atoms in total. The molecule has 0 radical (unpaired) electrons. The van der Waals surface area contributed by atoms with Gasteiger partial charge >= 0.3 is 0 Å². The average molecular weight is 420 g/mol. The Bertz CT molecular complexity index is 1190. The molecule has 162 valence electrons. The number of nitrogens with one attached hydrogen (secondary N) is 1. The van der Waals surface area contributed by atoms with Crippen molar-refractivity contribution in [2.75, 3.05) is 6.54 Å². The predicted octanol–water partition coefficient (Wildman–Crippen LogP) is 3.77. The molecule has 3 aromatic rings. The molecule has 2 aromatic heterocycles. The van der Waals surface area contributed by atoms with Gasteiger partial charge in [-0.3, -0.25) is 9.59 Å². The normalized spacial score (nSPS) is 15.0. The van der Waals surface area contributed by atoms with Gasteiger partial charge in [-0.05, 0) is 65.0 Å². The van der Waals surface area contributed by atoms with E-state index in [2.05, 4.69) is 21.6 Å². The van der Waals surface area contributed by atoms with Crippen molar-refractivity contribution in [1.29, 1.82) is 0 Å². The van der Waals surface area contributed by atoms with Crippen LogP contribution in [0.25, 0.3) is 16.6 Å². The van der Waals surface area contributed by atoms with E-state index in [1.54, 1.807) is 11.6 Å². The van der Waals surface area contributed by atoms with Gasteiger partial charge in [0.2, 0.25) is 5.91 Å². The number of nitrogens with zero attached hydrogens (tertiary/aromatic N) is 4. The highest BCUT2D eigenvalue weighted by Crippen LogP contribution is 2.21. The van der Waals surface area contributed by atoms with Crippen molar-refractivity contribution in [1.82, 2.24) is 24.9 Å². The van der Waals surface area contributed by atoms with Gasteiger partial charge in [-0.15, -0.1) is 0 Å². The summed E-state index contributed by atoms with van der Waals surface area (Å²) >= 11 is 0. The lowest BCUT2D eigenvalue weighted by molar-refractivity contribution is -0.124. The Hall–Kier alpha value is -3.22. The van der Waals surface area contributed by atoms with E-state index < -0.39 is 6.04 Å². The van der Waals surface area contributed by atoms with E-state index >= 15 is 0 Å². The lowest BCUT2D eigenvalue weighted by atomic mass is 9.97. The highest BCUT2D eigenvalue weighted by atomic mass is 16.2. The fourth-order valence-electron chi connectivity index (χ4n) is 4.20. The van der Waals surface area contributed by atoms with Crippen LogP contribution < -0.4 is 10.9 Å². The predicted molar refractivity (Wildman–Crippen MR) is 121 cm³/mol. The summed E-state index contributed by atoms with van der Waals surface area (Å²) in [6.45, 7) is 5.98. The average Bonchev–Trinajstić information content (AvgIpc) is 3.15. The number of hydrogen-bond donors (Lipinski definition) is 1. The monoisotopic (exact) mass is 419 g/mol. The molecule has 0 aliphatic heterocycles. The second-order valence-corrected chi connectivity index (χ2v) is 8.22. The summed E-state index contributed by atoms with van der Waals surface area (Å²) in [5.41, 5.74) is 3.93. The number of aryl methyl sites for hydroxylation is 2. The summed E-state index contributed by atoms with van der Waals surface area (Å²) in [7, 11) is 0. The summed E-state index contributed by atoms with van der Waals surface area (Å²) in [6.07, 6.45) is 7.88. The number of amides is 1. The third kappa shape index (κ3) is 4.17. The number of carbonyl (C=O) groups excluding carboxylic acids is 1. The van der Waals surface area contributed by atoms with E-state index in [9.17, 15) is 9.59 Å². The number of rotatable bonds is 6. The second kappa shape index (κ2) is 8.88. The van der Waals surface area contributed by atoms with Gasteiger partial charge in [0, 0.05) is 6.54 Å². The smallest absolute Gasteiger partial charge is 0.278 e. The van der Waals surface area contributed by atoms with E-state index in [0.29, 0.717) is 23.1 Å².